The van der Waals surface area contributed by atoms with Gasteiger partial charge in [-0.3, -0.25) is 4.79 Å². The maximum atomic E-state index is 11.9. The number of rotatable bonds is 2. The molecule has 19 heavy (non-hydrogen) atoms. The van der Waals surface area contributed by atoms with Crippen molar-refractivity contribution in [1.82, 2.24) is 0 Å². The minimum atomic E-state index is -0.214. The van der Waals surface area contributed by atoms with E-state index >= 15 is 0 Å². The fourth-order valence-electron chi connectivity index (χ4n) is 1.97. The van der Waals surface area contributed by atoms with Crippen LogP contribution in [-0.4, -0.2) is 11.9 Å². The Balaban J connectivity index is 2.15. The van der Waals surface area contributed by atoms with Gasteiger partial charge in [0.15, 0.2) is 5.96 Å². The van der Waals surface area contributed by atoms with Crippen LogP contribution in [0, 0.1) is 0 Å². The van der Waals surface area contributed by atoms with E-state index in [0.717, 1.165) is 24.2 Å². The first-order chi connectivity index (χ1) is 9.10. The molecule has 1 atom stereocenters. The molecule has 1 fully saturated rings. The Hall–Kier alpha value is -1.57. The van der Waals surface area contributed by atoms with Gasteiger partial charge in [0.1, 0.15) is 5.76 Å². The lowest BCUT2D eigenvalue weighted by Crippen LogP contribution is -2.22. The third kappa shape index (κ3) is 3.46. The van der Waals surface area contributed by atoms with Gasteiger partial charge in [-0.25, -0.2) is 4.99 Å². The van der Waals surface area contributed by atoms with E-state index in [0.29, 0.717) is 5.69 Å². The largest absolute Gasteiger partial charge is 0.430 e. The third-order valence-corrected chi connectivity index (χ3v) is 3.57. The summed E-state index contributed by atoms with van der Waals surface area (Å²) < 4.78 is 7.04. The number of hydrogen-bond donors (Lipinski definition) is 2. The lowest BCUT2D eigenvalue weighted by atomic mass is 9.92. The molecule has 4 N–H and O–H groups in total. The van der Waals surface area contributed by atoms with Gasteiger partial charge in [-0.15, -0.1) is 0 Å². The first kappa shape index (κ1) is 13.9. The van der Waals surface area contributed by atoms with Crippen molar-refractivity contribution in [2.24, 2.45) is 16.5 Å². The SMILES string of the molecule is NC(N)=Nc1ccc(C2CC/C(=C\I)OC2=O)cc1. The summed E-state index contributed by atoms with van der Waals surface area (Å²) >= 11 is 2.08. The highest BCUT2D eigenvalue weighted by molar-refractivity contribution is 14.1. The molecule has 1 aromatic rings. The van der Waals surface area contributed by atoms with Gasteiger partial charge in [0.05, 0.1) is 11.6 Å². The molecule has 2 rings (SSSR count). The van der Waals surface area contributed by atoms with E-state index in [-0.39, 0.29) is 17.8 Å². The number of guanidine groups is 1. The molecule has 100 valence electrons. The number of allylic oxidation sites excluding steroid dienone is 1. The highest BCUT2D eigenvalue weighted by atomic mass is 127. The molecule has 0 radical (unpaired) electrons. The van der Waals surface area contributed by atoms with Crippen LogP contribution in [-0.2, 0) is 9.53 Å². The second-order valence-corrected chi connectivity index (χ2v) is 4.84. The van der Waals surface area contributed by atoms with Crippen molar-refractivity contribution in [3.63, 3.8) is 0 Å². The second-order valence-electron chi connectivity index (χ2n) is 4.22. The lowest BCUT2D eigenvalue weighted by Gasteiger charge is -2.22. The molecule has 1 saturated heterocycles. The van der Waals surface area contributed by atoms with Gasteiger partial charge < -0.3 is 16.2 Å². The number of carbonyl (C=O) groups excluding carboxylic acids is 1. The molecule has 1 heterocycles. The Morgan fingerprint density at radius 2 is 2.05 bits per heavy atom. The number of cyclic esters (lactones) is 1. The molecular weight excluding hydrogens is 357 g/mol. The zero-order chi connectivity index (χ0) is 13.8. The van der Waals surface area contributed by atoms with Crippen LogP contribution < -0.4 is 11.5 Å². The number of hydrogen-bond acceptors (Lipinski definition) is 3. The number of esters is 1. The average molecular weight is 371 g/mol. The van der Waals surface area contributed by atoms with Crippen LogP contribution >= 0.6 is 22.6 Å². The van der Waals surface area contributed by atoms with E-state index in [1.807, 2.05) is 12.1 Å². The predicted octanol–water partition coefficient (Wildman–Crippen LogP) is 2.29. The van der Waals surface area contributed by atoms with E-state index in [9.17, 15) is 4.79 Å². The Morgan fingerprint density at radius 3 is 2.58 bits per heavy atom. The zero-order valence-corrected chi connectivity index (χ0v) is 12.3. The number of nitrogens with two attached hydrogens (primary N) is 2. The van der Waals surface area contributed by atoms with Crippen LogP contribution in [0.4, 0.5) is 5.69 Å². The first-order valence-corrected chi connectivity index (χ1v) is 7.05. The molecule has 0 aromatic heterocycles. The number of ether oxygens (including phenoxy) is 1. The Kier molecular flexibility index (Phi) is 4.41. The average Bonchev–Trinajstić information content (AvgIpc) is 2.39. The van der Waals surface area contributed by atoms with Crippen LogP contribution in [0.2, 0.25) is 0 Å². The lowest BCUT2D eigenvalue weighted by molar-refractivity contribution is -0.143. The molecule has 5 nitrogen and oxygen atoms in total. The zero-order valence-electron chi connectivity index (χ0n) is 10.2. The van der Waals surface area contributed by atoms with Gasteiger partial charge in [0.25, 0.3) is 0 Å². The second kappa shape index (κ2) is 6.05. The van der Waals surface area contributed by atoms with Crippen LogP contribution in [0.3, 0.4) is 0 Å². The van der Waals surface area contributed by atoms with Crippen molar-refractivity contribution in [2.45, 2.75) is 18.8 Å². The number of benzene rings is 1. The highest BCUT2D eigenvalue weighted by Gasteiger charge is 2.28. The number of aliphatic imine (C=N–C) groups is 1. The number of nitrogens with zero attached hydrogens (tertiary/aromatic N) is 1. The first-order valence-electron chi connectivity index (χ1n) is 5.80. The van der Waals surface area contributed by atoms with Crippen molar-refractivity contribution in [3.05, 3.63) is 39.7 Å². The van der Waals surface area contributed by atoms with Gasteiger partial charge in [-0.2, -0.15) is 0 Å². The van der Waals surface area contributed by atoms with E-state index in [1.54, 1.807) is 16.2 Å². The minimum Gasteiger partial charge on any atom is -0.430 e. The Morgan fingerprint density at radius 1 is 1.37 bits per heavy atom. The number of halogens is 1. The molecule has 1 aliphatic rings. The van der Waals surface area contributed by atoms with Crippen molar-refractivity contribution in [2.75, 3.05) is 0 Å². The third-order valence-electron chi connectivity index (χ3n) is 2.87. The molecule has 0 spiro atoms. The maximum Gasteiger partial charge on any atom is 0.318 e. The van der Waals surface area contributed by atoms with E-state index < -0.39 is 0 Å². The summed E-state index contributed by atoms with van der Waals surface area (Å²) in [6.07, 6.45) is 1.53. The van der Waals surface area contributed by atoms with Crippen molar-refractivity contribution in [3.8, 4) is 0 Å². The van der Waals surface area contributed by atoms with E-state index in [2.05, 4.69) is 27.6 Å². The maximum absolute atomic E-state index is 11.9. The van der Waals surface area contributed by atoms with Gasteiger partial charge in [-0.05, 0) is 46.7 Å². The highest BCUT2D eigenvalue weighted by Crippen LogP contribution is 2.32. The van der Waals surface area contributed by atoms with Crippen molar-refractivity contribution in [1.29, 1.82) is 0 Å². The molecule has 6 heteroatoms. The van der Waals surface area contributed by atoms with Gasteiger partial charge in [0.2, 0.25) is 0 Å². The predicted molar refractivity (Wildman–Crippen MR) is 82.1 cm³/mol. The molecule has 0 saturated carbocycles. The minimum absolute atomic E-state index is 0.0154. The summed E-state index contributed by atoms with van der Waals surface area (Å²) in [4.78, 5) is 15.8. The molecule has 0 amide bonds. The van der Waals surface area contributed by atoms with Crippen molar-refractivity contribution < 1.29 is 9.53 Å². The van der Waals surface area contributed by atoms with Crippen LogP contribution in [0.1, 0.15) is 24.3 Å². The smallest absolute Gasteiger partial charge is 0.318 e. The quantitative estimate of drug-likeness (QED) is 0.361. The van der Waals surface area contributed by atoms with Crippen LogP contribution in [0.15, 0.2) is 39.1 Å². The summed E-state index contributed by atoms with van der Waals surface area (Å²) in [6, 6.07) is 7.27. The van der Waals surface area contributed by atoms with E-state index in [4.69, 9.17) is 16.2 Å². The normalized spacial score (nSPS) is 21.0. The van der Waals surface area contributed by atoms with Crippen LogP contribution in [0.25, 0.3) is 0 Å². The van der Waals surface area contributed by atoms with E-state index in [1.165, 1.54) is 0 Å². The molecule has 1 aromatic carbocycles. The Labute approximate surface area is 124 Å². The standard InChI is InChI=1S/C13H14IN3O2/c14-7-10-5-6-11(12(18)19-10)8-1-3-9(4-2-8)17-13(15)16/h1-4,7,11H,5-6H2,(H4,15,16,17)/b10-7+. The summed E-state index contributed by atoms with van der Waals surface area (Å²) in [5, 5.41) is 0. The summed E-state index contributed by atoms with van der Waals surface area (Å²) in [7, 11) is 0. The van der Waals surface area contributed by atoms with Gasteiger partial charge in [-0.1, -0.05) is 12.1 Å². The summed E-state index contributed by atoms with van der Waals surface area (Å²) in [5.41, 5.74) is 12.2. The molecular formula is C13H14IN3O2. The molecule has 1 unspecified atom stereocenters. The van der Waals surface area contributed by atoms with Gasteiger partial charge in [0, 0.05) is 10.5 Å². The summed E-state index contributed by atoms with van der Waals surface area (Å²) in [5.74, 6) is 0.331. The number of carbonyl (C=O) groups is 1. The van der Waals surface area contributed by atoms with Gasteiger partial charge >= 0.3 is 5.97 Å². The fourth-order valence-corrected chi connectivity index (χ4v) is 2.40. The Bertz CT molecular complexity index is 533. The molecule has 1 aliphatic heterocycles. The van der Waals surface area contributed by atoms with Crippen LogP contribution in [0.5, 0.6) is 0 Å². The van der Waals surface area contributed by atoms with Crippen molar-refractivity contribution >= 4 is 40.2 Å². The molecule has 0 bridgehead atoms. The fraction of sp³-hybridized carbons (Fsp3) is 0.231. The summed E-state index contributed by atoms with van der Waals surface area (Å²) in [6.45, 7) is 0. The topological polar surface area (TPSA) is 90.7 Å². The monoisotopic (exact) mass is 371 g/mol. The molecule has 0 aliphatic carbocycles.